The molecule has 16 heavy (non-hydrogen) atoms. The Morgan fingerprint density at radius 2 is 1.88 bits per heavy atom. The Hall–Kier alpha value is -2.10. The summed E-state index contributed by atoms with van der Waals surface area (Å²) in [6, 6.07) is 8.94. The molecule has 0 saturated carbocycles. The predicted molar refractivity (Wildman–Crippen MR) is 62.7 cm³/mol. The highest BCUT2D eigenvalue weighted by atomic mass is 16.2. The zero-order chi connectivity index (χ0) is 12.0. The van der Waals surface area contributed by atoms with Crippen molar-refractivity contribution in [2.24, 2.45) is 0 Å². The first kappa shape index (κ1) is 12.0. The summed E-state index contributed by atoms with van der Waals surface area (Å²) < 4.78 is 0. The highest BCUT2D eigenvalue weighted by Gasteiger charge is 2.07. The van der Waals surface area contributed by atoms with E-state index in [-0.39, 0.29) is 6.03 Å². The smallest absolute Gasteiger partial charge is 0.321 e. The van der Waals surface area contributed by atoms with Gasteiger partial charge in [0.15, 0.2) is 0 Å². The van der Waals surface area contributed by atoms with E-state index in [9.17, 15) is 9.59 Å². The number of allylic oxidation sites excluding steroid dienone is 1. The molecule has 0 aromatic heterocycles. The van der Waals surface area contributed by atoms with E-state index in [0.29, 0.717) is 12.0 Å². The first-order valence-electron chi connectivity index (χ1n) is 4.84. The van der Waals surface area contributed by atoms with Gasteiger partial charge in [-0.15, -0.1) is 0 Å². The van der Waals surface area contributed by atoms with Crippen molar-refractivity contribution in [2.75, 3.05) is 14.1 Å². The molecule has 84 valence electrons. The van der Waals surface area contributed by atoms with Gasteiger partial charge in [-0.2, -0.15) is 0 Å². The van der Waals surface area contributed by atoms with Crippen molar-refractivity contribution in [2.45, 2.75) is 0 Å². The molecule has 0 fully saturated rings. The number of nitrogens with one attached hydrogen (secondary N) is 1. The number of carbonyl (C=O) groups is 2. The minimum absolute atomic E-state index is 0.267. The molecule has 0 radical (unpaired) electrons. The Morgan fingerprint density at radius 1 is 1.25 bits per heavy atom. The quantitative estimate of drug-likeness (QED) is 0.617. The number of benzene rings is 1. The average molecular weight is 218 g/mol. The van der Waals surface area contributed by atoms with Crippen LogP contribution in [0.3, 0.4) is 0 Å². The van der Waals surface area contributed by atoms with E-state index in [1.165, 1.54) is 11.0 Å². The van der Waals surface area contributed by atoms with Crippen LogP contribution in [0.2, 0.25) is 0 Å². The van der Waals surface area contributed by atoms with Gasteiger partial charge in [-0.25, -0.2) is 4.79 Å². The van der Waals surface area contributed by atoms with Crippen molar-refractivity contribution in [1.82, 2.24) is 10.2 Å². The molecule has 2 amide bonds. The van der Waals surface area contributed by atoms with Crippen LogP contribution in [0.5, 0.6) is 0 Å². The highest BCUT2D eigenvalue weighted by molar-refractivity contribution is 5.90. The lowest BCUT2D eigenvalue weighted by molar-refractivity contribution is -0.104. The number of rotatable bonds is 3. The predicted octanol–water partition coefficient (Wildman–Crippen LogP) is 1.50. The minimum atomic E-state index is -0.267. The first-order valence-corrected chi connectivity index (χ1v) is 4.84. The Kier molecular flexibility index (Phi) is 4.27. The normalized spacial score (nSPS) is 10.8. The number of carbonyl (C=O) groups excluding carboxylic acids is 2. The van der Waals surface area contributed by atoms with Crippen LogP contribution in [0, 0.1) is 0 Å². The SMILES string of the molecule is CN(C)C(=O)N/C(=C/C=O)c1ccccc1. The monoisotopic (exact) mass is 218 g/mol. The number of hydrogen-bond acceptors (Lipinski definition) is 2. The largest absolute Gasteiger partial charge is 0.331 e. The van der Waals surface area contributed by atoms with Gasteiger partial charge in [-0.1, -0.05) is 30.3 Å². The van der Waals surface area contributed by atoms with Crippen molar-refractivity contribution >= 4 is 18.0 Å². The fourth-order valence-electron chi connectivity index (χ4n) is 1.12. The Morgan fingerprint density at radius 3 is 2.38 bits per heavy atom. The summed E-state index contributed by atoms with van der Waals surface area (Å²) in [6.45, 7) is 0. The molecule has 1 aromatic rings. The third kappa shape index (κ3) is 3.24. The number of amides is 2. The van der Waals surface area contributed by atoms with Gasteiger partial charge in [0, 0.05) is 20.2 Å². The van der Waals surface area contributed by atoms with Gasteiger partial charge in [0.1, 0.15) is 6.29 Å². The minimum Gasteiger partial charge on any atom is -0.331 e. The third-order valence-corrected chi connectivity index (χ3v) is 1.97. The second kappa shape index (κ2) is 5.70. The van der Waals surface area contributed by atoms with Crippen molar-refractivity contribution in [3.8, 4) is 0 Å². The van der Waals surface area contributed by atoms with Crippen LogP contribution < -0.4 is 5.32 Å². The summed E-state index contributed by atoms with van der Waals surface area (Å²) >= 11 is 0. The summed E-state index contributed by atoms with van der Waals surface area (Å²) in [5.41, 5.74) is 1.29. The fourth-order valence-corrected chi connectivity index (χ4v) is 1.12. The third-order valence-electron chi connectivity index (χ3n) is 1.97. The Bertz CT molecular complexity index is 397. The van der Waals surface area contributed by atoms with Crippen LogP contribution in [0.15, 0.2) is 36.4 Å². The van der Waals surface area contributed by atoms with E-state index in [1.807, 2.05) is 30.3 Å². The molecule has 1 N–H and O–H groups in total. The zero-order valence-electron chi connectivity index (χ0n) is 9.31. The topological polar surface area (TPSA) is 49.4 Å². The second-order valence-electron chi connectivity index (χ2n) is 3.41. The van der Waals surface area contributed by atoms with Crippen LogP contribution in [-0.2, 0) is 4.79 Å². The summed E-state index contributed by atoms with van der Waals surface area (Å²) in [6.07, 6.45) is 1.98. The van der Waals surface area contributed by atoms with Crippen LogP contribution in [0.25, 0.3) is 5.70 Å². The first-order chi connectivity index (χ1) is 7.65. The molecule has 0 atom stereocenters. The highest BCUT2D eigenvalue weighted by Crippen LogP contribution is 2.10. The van der Waals surface area contributed by atoms with Crippen LogP contribution in [-0.4, -0.2) is 31.3 Å². The molecule has 1 aromatic carbocycles. The van der Waals surface area contributed by atoms with Gasteiger partial charge in [-0.3, -0.25) is 4.79 Å². The van der Waals surface area contributed by atoms with Crippen molar-refractivity contribution in [3.05, 3.63) is 42.0 Å². The van der Waals surface area contributed by atoms with Gasteiger partial charge in [0.25, 0.3) is 0 Å². The van der Waals surface area contributed by atoms with E-state index in [0.717, 1.165) is 5.56 Å². The molecule has 0 unspecified atom stereocenters. The molecular weight excluding hydrogens is 204 g/mol. The summed E-state index contributed by atoms with van der Waals surface area (Å²) in [5, 5.41) is 2.65. The number of aldehydes is 1. The van der Waals surface area contributed by atoms with E-state index >= 15 is 0 Å². The lowest BCUT2D eigenvalue weighted by Gasteiger charge is -2.14. The van der Waals surface area contributed by atoms with Crippen molar-refractivity contribution in [3.63, 3.8) is 0 Å². The van der Waals surface area contributed by atoms with Gasteiger partial charge < -0.3 is 10.2 Å². The maximum atomic E-state index is 11.5. The van der Waals surface area contributed by atoms with Gasteiger partial charge in [0.2, 0.25) is 0 Å². The number of hydrogen-bond donors (Lipinski definition) is 1. The molecule has 0 bridgehead atoms. The molecule has 0 aliphatic rings. The van der Waals surface area contributed by atoms with Crippen LogP contribution >= 0.6 is 0 Å². The van der Waals surface area contributed by atoms with E-state index in [1.54, 1.807) is 14.1 Å². The van der Waals surface area contributed by atoms with Gasteiger partial charge >= 0.3 is 6.03 Å². The molecular formula is C12H14N2O2. The lowest BCUT2D eigenvalue weighted by Crippen LogP contribution is -2.33. The van der Waals surface area contributed by atoms with Crippen LogP contribution in [0.1, 0.15) is 5.56 Å². The molecule has 0 spiro atoms. The van der Waals surface area contributed by atoms with E-state index < -0.39 is 0 Å². The average Bonchev–Trinajstić information content (AvgIpc) is 2.29. The second-order valence-corrected chi connectivity index (χ2v) is 3.41. The maximum Gasteiger partial charge on any atom is 0.321 e. The van der Waals surface area contributed by atoms with Crippen LogP contribution in [0.4, 0.5) is 4.79 Å². The number of urea groups is 1. The van der Waals surface area contributed by atoms with Crippen molar-refractivity contribution < 1.29 is 9.59 Å². The molecule has 0 aliphatic carbocycles. The maximum absolute atomic E-state index is 11.5. The standard InChI is InChI=1S/C12H14N2O2/c1-14(2)12(16)13-11(8-9-15)10-6-4-3-5-7-10/h3-9H,1-2H3,(H,13,16)/b11-8+. The molecule has 4 nitrogen and oxygen atoms in total. The summed E-state index contributed by atoms with van der Waals surface area (Å²) in [4.78, 5) is 23.4. The molecule has 0 aliphatic heterocycles. The molecule has 1 rings (SSSR count). The van der Waals surface area contributed by atoms with E-state index in [2.05, 4.69) is 5.32 Å². The van der Waals surface area contributed by atoms with Crippen molar-refractivity contribution in [1.29, 1.82) is 0 Å². The molecule has 0 heterocycles. The summed E-state index contributed by atoms with van der Waals surface area (Å²) in [7, 11) is 3.28. The zero-order valence-corrected chi connectivity index (χ0v) is 9.31. The lowest BCUT2D eigenvalue weighted by atomic mass is 10.1. The molecule has 4 heteroatoms. The summed E-state index contributed by atoms with van der Waals surface area (Å²) in [5.74, 6) is 0. The fraction of sp³-hybridized carbons (Fsp3) is 0.167. The number of nitrogens with zero attached hydrogens (tertiary/aromatic N) is 1. The van der Waals surface area contributed by atoms with E-state index in [4.69, 9.17) is 0 Å². The van der Waals surface area contributed by atoms with Gasteiger partial charge in [-0.05, 0) is 5.56 Å². The molecule has 0 saturated heterocycles. The Labute approximate surface area is 94.6 Å². The van der Waals surface area contributed by atoms with Gasteiger partial charge in [0.05, 0.1) is 5.70 Å². The Balaban J connectivity index is 2.90.